The lowest BCUT2D eigenvalue weighted by atomic mass is 9.94. The molecule has 0 aromatic heterocycles. The highest BCUT2D eigenvalue weighted by Crippen LogP contribution is 2.44. The number of anilines is 1. The van der Waals surface area contributed by atoms with Gasteiger partial charge in [0, 0.05) is 16.7 Å². The number of hydrogen-bond donors (Lipinski definition) is 1. The van der Waals surface area contributed by atoms with Gasteiger partial charge in [0.2, 0.25) is 0 Å². The van der Waals surface area contributed by atoms with Crippen LogP contribution < -0.4 is 4.90 Å². The average Bonchev–Trinajstić information content (AvgIpc) is 2.97. The van der Waals surface area contributed by atoms with Crippen molar-refractivity contribution in [2.45, 2.75) is 25.3 Å². The number of nitriles is 1. The molecule has 3 unspecified atom stereocenters. The summed E-state index contributed by atoms with van der Waals surface area (Å²) >= 11 is 3.38. The molecule has 0 spiro atoms. The molecule has 104 valence electrons. The van der Waals surface area contributed by atoms with Gasteiger partial charge >= 0.3 is 5.97 Å². The van der Waals surface area contributed by atoms with Crippen molar-refractivity contribution in [2.24, 2.45) is 11.8 Å². The van der Waals surface area contributed by atoms with E-state index in [9.17, 15) is 9.90 Å². The summed E-state index contributed by atoms with van der Waals surface area (Å²) in [4.78, 5) is 13.6. The Morgan fingerprint density at radius 2 is 2.25 bits per heavy atom. The monoisotopic (exact) mass is 334 g/mol. The molecule has 2 fully saturated rings. The molecule has 1 aliphatic heterocycles. The summed E-state index contributed by atoms with van der Waals surface area (Å²) in [6.07, 6.45) is 3.28. The van der Waals surface area contributed by atoms with Crippen LogP contribution in [0, 0.1) is 23.2 Å². The quantitative estimate of drug-likeness (QED) is 0.902. The van der Waals surface area contributed by atoms with E-state index in [1.165, 1.54) is 0 Å². The number of aliphatic carboxylic acids is 1. The van der Waals surface area contributed by atoms with E-state index >= 15 is 0 Å². The molecule has 5 heteroatoms. The highest BCUT2D eigenvalue weighted by atomic mass is 79.9. The second kappa shape index (κ2) is 5.10. The number of carboxylic acids is 1. The first kappa shape index (κ1) is 13.4. The van der Waals surface area contributed by atoms with Crippen molar-refractivity contribution >= 4 is 27.6 Å². The zero-order chi connectivity index (χ0) is 14.3. The molecule has 1 aromatic rings. The maximum absolute atomic E-state index is 11.6. The SMILES string of the molecule is N#Cc1ccc(N2CC3CCCC3C2C(=O)O)cc1Br. The van der Waals surface area contributed by atoms with E-state index in [1.807, 2.05) is 17.0 Å². The number of benzene rings is 1. The first-order chi connectivity index (χ1) is 9.61. The number of rotatable bonds is 2. The van der Waals surface area contributed by atoms with Crippen molar-refractivity contribution in [1.29, 1.82) is 5.26 Å². The van der Waals surface area contributed by atoms with Crippen LogP contribution in [0.4, 0.5) is 5.69 Å². The average molecular weight is 335 g/mol. The standard InChI is InChI=1S/C15H15BrN2O2/c16-13-6-11(5-4-9(13)7-17)18-8-10-2-1-3-12(10)14(18)15(19)20/h4-6,10,12,14H,1-3,8H2,(H,19,20). The number of carbonyl (C=O) groups is 1. The molecule has 1 saturated heterocycles. The van der Waals surface area contributed by atoms with Gasteiger partial charge in [-0.15, -0.1) is 0 Å². The molecule has 3 atom stereocenters. The first-order valence-corrected chi connectivity index (χ1v) is 7.60. The summed E-state index contributed by atoms with van der Waals surface area (Å²) in [5, 5.41) is 18.5. The predicted octanol–water partition coefficient (Wildman–Crippen LogP) is 3.01. The van der Waals surface area contributed by atoms with Crippen LogP contribution in [0.5, 0.6) is 0 Å². The van der Waals surface area contributed by atoms with Crippen molar-refractivity contribution in [3.8, 4) is 6.07 Å². The largest absolute Gasteiger partial charge is 0.480 e. The lowest BCUT2D eigenvalue weighted by Crippen LogP contribution is -2.39. The van der Waals surface area contributed by atoms with Gasteiger partial charge < -0.3 is 10.0 Å². The van der Waals surface area contributed by atoms with Crippen LogP contribution in [-0.4, -0.2) is 23.7 Å². The lowest BCUT2D eigenvalue weighted by molar-refractivity contribution is -0.139. The summed E-state index contributed by atoms with van der Waals surface area (Å²) < 4.78 is 0.721. The maximum atomic E-state index is 11.6. The molecule has 1 heterocycles. The Balaban J connectivity index is 1.95. The van der Waals surface area contributed by atoms with E-state index in [4.69, 9.17) is 5.26 Å². The van der Waals surface area contributed by atoms with E-state index in [2.05, 4.69) is 22.0 Å². The van der Waals surface area contributed by atoms with E-state index in [0.29, 0.717) is 11.5 Å². The minimum absolute atomic E-state index is 0.266. The van der Waals surface area contributed by atoms with Crippen molar-refractivity contribution in [1.82, 2.24) is 0 Å². The van der Waals surface area contributed by atoms with Crippen LogP contribution in [0.25, 0.3) is 0 Å². The van der Waals surface area contributed by atoms with Crippen LogP contribution >= 0.6 is 15.9 Å². The second-order valence-corrected chi connectivity index (χ2v) is 6.42. The van der Waals surface area contributed by atoms with Gasteiger partial charge in [0.1, 0.15) is 12.1 Å². The van der Waals surface area contributed by atoms with E-state index in [0.717, 1.165) is 36.0 Å². The zero-order valence-corrected chi connectivity index (χ0v) is 12.5. The number of hydrogen-bond acceptors (Lipinski definition) is 3. The van der Waals surface area contributed by atoms with Crippen LogP contribution in [0.3, 0.4) is 0 Å². The Labute approximate surface area is 126 Å². The Morgan fingerprint density at radius 3 is 2.90 bits per heavy atom. The molecule has 1 N–H and O–H groups in total. The number of carboxylic acid groups (broad SMARTS) is 1. The fourth-order valence-electron chi connectivity index (χ4n) is 3.66. The molecule has 0 radical (unpaired) electrons. The highest BCUT2D eigenvalue weighted by molar-refractivity contribution is 9.10. The van der Waals surface area contributed by atoms with Crippen molar-refractivity contribution in [3.63, 3.8) is 0 Å². The normalized spacial score (nSPS) is 28.2. The van der Waals surface area contributed by atoms with Crippen LogP contribution in [0.1, 0.15) is 24.8 Å². The van der Waals surface area contributed by atoms with Crippen LogP contribution in [0.15, 0.2) is 22.7 Å². The molecule has 20 heavy (non-hydrogen) atoms. The fraction of sp³-hybridized carbons (Fsp3) is 0.467. The Morgan fingerprint density at radius 1 is 1.45 bits per heavy atom. The van der Waals surface area contributed by atoms with Gasteiger partial charge in [-0.05, 0) is 58.8 Å². The van der Waals surface area contributed by atoms with E-state index in [1.54, 1.807) is 6.07 Å². The second-order valence-electron chi connectivity index (χ2n) is 5.57. The van der Waals surface area contributed by atoms with Gasteiger partial charge in [0.25, 0.3) is 0 Å². The maximum Gasteiger partial charge on any atom is 0.326 e. The predicted molar refractivity (Wildman–Crippen MR) is 78.5 cm³/mol. The van der Waals surface area contributed by atoms with Crippen LogP contribution in [-0.2, 0) is 4.79 Å². The van der Waals surface area contributed by atoms with Crippen molar-refractivity contribution < 1.29 is 9.90 Å². The molecule has 2 aliphatic rings. The molecule has 3 rings (SSSR count). The minimum Gasteiger partial charge on any atom is -0.480 e. The number of fused-ring (bicyclic) bond motifs is 1. The van der Waals surface area contributed by atoms with E-state index < -0.39 is 12.0 Å². The topological polar surface area (TPSA) is 64.3 Å². The van der Waals surface area contributed by atoms with Gasteiger partial charge in [0.05, 0.1) is 5.56 Å². The minimum atomic E-state index is -0.736. The third-order valence-electron chi connectivity index (χ3n) is 4.55. The summed E-state index contributed by atoms with van der Waals surface area (Å²) in [6.45, 7) is 0.806. The van der Waals surface area contributed by atoms with Gasteiger partial charge in [-0.3, -0.25) is 0 Å². The van der Waals surface area contributed by atoms with Gasteiger partial charge in [-0.25, -0.2) is 4.79 Å². The van der Waals surface area contributed by atoms with Gasteiger partial charge in [0.15, 0.2) is 0 Å². The zero-order valence-electron chi connectivity index (χ0n) is 10.9. The first-order valence-electron chi connectivity index (χ1n) is 6.81. The molecule has 0 bridgehead atoms. The fourth-order valence-corrected chi connectivity index (χ4v) is 4.12. The van der Waals surface area contributed by atoms with E-state index in [-0.39, 0.29) is 5.92 Å². The Bertz CT molecular complexity index is 596. The Kier molecular flexibility index (Phi) is 3.43. The Hall–Kier alpha value is -1.54. The lowest BCUT2D eigenvalue weighted by Gasteiger charge is -2.26. The molecule has 1 aliphatic carbocycles. The summed E-state index contributed by atoms with van der Waals surface area (Å²) in [7, 11) is 0. The number of nitrogens with zero attached hydrogens (tertiary/aromatic N) is 2. The smallest absolute Gasteiger partial charge is 0.326 e. The molecule has 4 nitrogen and oxygen atoms in total. The highest BCUT2D eigenvalue weighted by Gasteiger charge is 2.47. The molecular formula is C15H15BrN2O2. The summed E-state index contributed by atoms with van der Waals surface area (Å²) in [5.74, 6) is 0.0207. The van der Waals surface area contributed by atoms with Gasteiger partial charge in [-0.2, -0.15) is 5.26 Å². The van der Waals surface area contributed by atoms with Crippen molar-refractivity contribution in [3.05, 3.63) is 28.2 Å². The summed E-state index contributed by atoms with van der Waals surface area (Å²) in [5.41, 5.74) is 1.46. The molecular weight excluding hydrogens is 320 g/mol. The number of halogens is 1. The summed E-state index contributed by atoms with van der Waals surface area (Å²) in [6, 6.07) is 7.12. The van der Waals surface area contributed by atoms with Crippen LogP contribution in [0.2, 0.25) is 0 Å². The van der Waals surface area contributed by atoms with Crippen molar-refractivity contribution in [2.75, 3.05) is 11.4 Å². The third kappa shape index (κ3) is 2.08. The molecule has 0 amide bonds. The molecule has 1 aromatic carbocycles. The van der Waals surface area contributed by atoms with Gasteiger partial charge in [-0.1, -0.05) is 6.42 Å². The molecule has 1 saturated carbocycles. The third-order valence-corrected chi connectivity index (χ3v) is 5.20.